The first kappa shape index (κ1) is 9.97. The second-order valence-electron chi connectivity index (χ2n) is 3.00. The lowest BCUT2D eigenvalue weighted by atomic mass is 10.1. The van der Waals surface area contributed by atoms with Crippen molar-refractivity contribution in [2.45, 2.75) is 6.92 Å². The number of halogens is 2. The maximum Gasteiger partial charge on any atom is 0.203 e. The zero-order valence-corrected chi connectivity index (χ0v) is 8.61. The van der Waals surface area contributed by atoms with Crippen LogP contribution in [0.4, 0.5) is 13.9 Å². The number of hydrogen-bond donors (Lipinski definition) is 1. The third kappa shape index (κ3) is 1.68. The van der Waals surface area contributed by atoms with Crippen molar-refractivity contribution in [3.63, 3.8) is 0 Å². The smallest absolute Gasteiger partial charge is 0.203 e. The third-order valence-electron chi connectivity index (χ3n) is 1.94. The predicted octanol–water partition coefficient (Wildman–Crippen LogP) is 2.37. The Morgan fingerprint density at radius 1 is 1.27 bits per heavy atom. The summed E-state index contributed by atoms with van der Waals surface area (Å²) in [7, 11) is 0. The van der Waals surface area contributed by atoms with E-state index in [9.17, 15) is 8.78 Å². The summed E-state index contributed by atoms with van der Waals surface area (Å²) in [5.74, 6) is -1.28. The average Bonchev–Trinajstić information content (AvgIpc) is 2.59. The Balaban J connectivity index is 2.66. The zero-order valence-electron chi connectivity index (χ0n) is 7.79. The Morgan fingerprint density at radius 2 is 2.00 bits per heavy atom. The molecule has 0 aliphatic carbocycles. The van der Waals surface area contributed by atoms with Gasteiger partial charge < -0.3 is 5.73 Å². The van der Waals surface area contributed by atoms with E-state index in [0.29, 0.717) is 5.56 Å². The fourth-order valence-corrected chi connectivity index (χ4v) is 1.84. The summed E-state index contributed by atoms with van der Waals surface area (Å²) in [5, 5.41) is 7.47. The molecular weight excluding hydrogens is 220 g/mol. The molecule has 0 atom stereocenters. The van der Waals surface area contributed by atoms with Crippen LogP contribution in [0.1, 0.15) is 5.56 Å². The van der Waals surface area contributed by atoms with Crippen LogP contribution < -0.4 is 5.73 Å². The number of benzene rings is 1. The van der Waals surface area contributed by atoms with Crippen molar-refractivity contribution in [1.82, 2.24) is 10.2 Å². The minimum Gasteiger partial charge on any atom is -0.374 e. The summed E-state index contributed by atoms with van der Waals surface area (Å²) in [6, 6.07) is 2.57. The summed E-state index contributed by atoms with van der Waals surface area (Å²) < 4.78 is 27.0. The summed E-state index contributed by atoms with van der Waals surface area (Å²) in [6.45, 7) is 1.56. The maximum absolute atomic E-state index is 13.6. The van der Waals surface area contributed by atoms with E-state index < -0.39 is 11.6 Å². The number of aromatic nitrogens is 2. The van der Waals surface area contributed by atoms with Gasteiger partial charge >= 0.3 is 0 Å². The van der Waals surface area contributed by atoms with Gasteiger partial charge in [0.25, 0.3) is 0 Å². The molecule has 78 valence electrons. The monoisotopic (exact) mass is 227 g/mol. The van der Waals surface area contributed by atoms with Gasteiger partial charge in [0.1, 0.15) is 11.6 Å². The Morgan fingerprint density at radius 3 is 2.60 bits per heavy atom. The molecular formula is C9H7F2N3S. The molecule has 2 N–H and O–H groups in total. The highest BCUT2D eigenvalue weighted by molar-refractivity contribution is 7.18. The summed E-state index contributed by atoms with van der Waals surface area (Å²) in [5.41, 5.74) is 5.55. The SMILES string of the molecule is Cc1ccc(F)c(-c2nnc(N)s2)c1F. The second-order valence-corrected chi connectivity index (χ2v) is 4.01. The number of aryl methyl sites for hydroxylation is 1. The molecule has 15 heavy (non-hydrogen) atoms. The molecule has 0 saturated heterocycles. The van der Waals surface area contributed by atoms with E-state index in [0.717, 1.165) is 11.3 Å². The zero-order chi connectivity index (χ0) is 11.0. The minimum absolute atomic E-state index is 0.159. The molecule has 0 radical (unpaired) electrons. The number of anilines is 1. The second kappa shape index (κ2) is 3.54. The molecule has 0 spiro atoms. The van der Waals surface area contributed by atoms with Crippen LogP contribution in [0.15, 0.2) is 12.1 Å². The van der Waals surface area contributed by atoms with Crippen LogP contribution in [0.25, 0.3) is 10.6 Å². The number of nitrogen functional groups attached to an aromatic ring is 1. The lowest BCUT2D eigenvalue weighted by Gasteiger charge is -2.02. The Kier molecular flexibility index (Phi) is 2.36. The van der Waals surface area contributed by atoms with Crippen molar-refractivity contribution in [2.24, 2.45) is 0 Å². The first-order valence-electron chi connectivity index (χ1n) is 4.13. The van der Waals surface area contributed by atoms with Crippen molar-refractivity contribution < 1.29 is 8.78 Å². The molecule has 1 heterocycles. The third-order valence-corrected chi connectivity index (χ3v) is 2.71. The van der Waals surface area contributed by atoms with Gasteiger partial charge in [-0.15, -0.1) is 10.2 Å². The fraction of sp³-hybridized carbons (Fsp3) is 0.111. The van der Waals surface area contributed by atoms with Crippen LogP contribution >= 0.6 is 11.3 Å². The van der Waals surface area contributed by atoms with Gasteiger partial charge in [-0.25, -0.2) is 8.78 Å². The fourth-order valence-electron chi connectivity index (χ4n) is 1.19. The molecule has 3 nitrogen and oxygen atoms in total. The van der Waals surface area contributed by atoms with Crippen LogP contribution in [-0.2, 0) is 0 Å². The Hall–Kier alpha value is -1.56. The molecule has 2 rings (SSSR count). The van der Waals surface area contributed by atoms with E-state index in [1.807, 2.05) is 0 Å². The lowest BCUT2D eigenvalue weighted by Crippen LogP contribution is -1.92. The van der Waals surface area contributed by atoms with Gasteiger partial charge in [0, 0.05) is 0 Å². The van der Waals surface area contributed by atoms with Gasteiger partial charge in [-0.3, -0.25) is 0 Å². The van der Waals surface area contributed by atoms with Crippen LogP contribution in [0.2, 0.25) is 0 Å². The van der Waals surface area contributed by atoms with Crippen LogP contribution in [-0.4, -0.2) is 10.2 Å². The standard InChI is InChI=1S/C9H7F2N3S/c1-4-2-3-5(10)6(7(4)11)8-13-14-9(12)15-8/h2-3H,1H3,(H2,12,14). The normalized spacial score (nSPS) is 10.6. The molecule has 2 aromatic rings. The highest BCUT2D eigenvalue weighted by Gasteiger charge is 2.17. The average molecular weight is 227 g/mol. The molecule has 0 fully saturated rings. The van der Waals surface area contributed by atoms with E-state index in [4.69, 9.17) is 5.73 Å². The van der Waals surface area contributed by atoms with Crippen LogP contribution in [0.5, 0.6) is 0 Å². The molecule has 0 bridgehead atoms. The Bertz CT molecular complexity index is 510. The van der Waals surface area contributed by atoms with Gasteiger partial charge in [0.15, 0.2) is 5.01 Å². The van der Waals surface area contributed by atoms with E-state index >= 15 is 0 Å². The number of hydrogen-bond acceptors (Lipinski definition) is 4. The summed E-state index contributed by atoms with van der Waals surface area (Å²) in [4.78, 5) is 0. The van der Waals surface area contributed by atoms with Crippen molar-refractivity contribution in [3.8, 4) is 10.6 Å². The predicted molar refractivity (Wildman–Crippen MR) is 54.4 cm³/mol. The van der Waals surface area contributed by atoms with Crippen molar-refractivity contribution >= 4 is 16.5 Å². The molecule has 0 amide bonds. The molecule has 1 aromatic heterocycles. The number of nitrogens with two attached hydrogens (primary N) is 1. The van der Waals surface area contributed by atoms with Crippen LogP contribution in [0, 0.1) is 18.6 Å². The topological polar surface area (TPSA) is 51.8 Å². The highest BCUT2D eigenvalue weighted by atomic mass is 32.1. The number of rotatable bonds is 1. The quantitative estimate of drug-likeness (QED) is 0.813. The van der Waals surface area contributed by atoms with E-state index in [1.54, 1.807) is 6.92 Å². The van der Waals surface area contributed by atoms with E-state index in [-0.39, 0.29) is 15.7 Å². The first-order chi connectivity index (χ1) is 7.09. The molecule has 1 aromatic carbocycles. The number of nitrogens with zero attached hydrogens (tertiary/aromatic N) is 2. The van der Waals surface area contributed by atoms with Gasteiger partial charge in [-0.05, 0) is 18.6 Å². The summed E-state index contributed by atoms with van der Waals surface area (Å²) in [6.07, 6.45) is 0. The molecule has 0 unspecified atom stereocenters. The Labute approximate surface area is 88.6 Å². The maximum atomic E-state index is 13.6. The van der Waals surface area contributed by atoms with Gasteiger partial charge in [-0.1, -0.05) is 17.4 Å². The summed E-state index contributed by atoms with van der Waals surface area (Å²) >= 11 is 0.953. The lowest BCUT2D eigenvalue weighted by molar-refractivity contribution is 0.583. The van der Waals surface area contributed by atoms with Gasteiger partial charge in [-0.2, -0.15) is 0 Å². The van der Waals surface area contributed by atoms with Gasteiger partial charge in [0.2, 0.25) is 5.13 Å². The minimum atomic E-state index is -0.658. The highest BCUT2D eigenvalue weighted by Crippen LogP contribution is 2.30. The molecule has 6 heteroatoms. The molecule has 0 saturated carbocycles. The molecule has 0 aliphatic rings. The largest absolute Gasteiger partial charge is 0.374 e. The molecule has 0 aliphatic heterocycles. The van der Waals surface area contributed by atoms with Crippen molar-refractivity contribution in [3.05, 3.63) is 29.3 Å². The van der Waals surface area contributed by atoms with Crippen LogP contribution in [0.3, 0.4) is 0 Å². The first-order valence-corrected chi connectivity index (χ1v) is 4.95. The van der Waals surface area contributed by atoms with Crippen molar-refractivity contribution in [1.29, 1.82) is 0 Å². The van der Waals surface area contributed by atoms with E-state index in [2.05, 4.69) is 10.2 Å². The van der Waals surface area contributed by atoms with E-state index in [1.165, 1.54) is 12.1 Å². The van der Waals surface area contributed by atoms with Crippen molar-refractivity contribution in [2.75, 3.05) is 5.73 Å². The van der Waals surface area contributed by atoms with Gasteiger partial charge in [0.05, 0.1) is 5.56 Å².